The lowest BCUT2D eigenvalue weighted by molar-refractivity contribution is 0.238. The minimum atomic E-state index is -0.308. The van der Waals surface area contributed by atoms with Gasteiger partial charge in [-0.05, 0) is 25.5 Å². The summed E-state index contributed by atoms with van der Waals surface area (Å²) in [6.07, 6.45) is 1.70. The second kappa shape index (κ2) is 7.55. The van der Waals surface area contributed by atoms with Crippen LogP contribution in [0.3, 0.4) is 0 Å². The molecule has 0 atom stereocenters. The molecule has 0 saturated carbocycles. The average Bonchev–Trinajstić information content (AvgIpc) is 3.00. The van der Waals surface area contributed by atoms with Crippen molar-refractivity contribution in [3.05, 3.63) is 40.7 Å². The van der Waals surface area contributed by atoms with Gasteiger partial charge in [-0.15, -0.1) is 0 Å². The SMILES string of the molecule is COc1nc(C)cc(C)c1CNC(=O)NCc1ncc(C(C)(C)C)o1. The maximum absolute atomic E-state index is 12.0. The fourth-order valence-electron chi connectivity index (χ4n) is 2.34. The van der Waals surface area contributed by atoms with Crippen molar-refractivity contribution in [3.63, 3.8) is 0 Å². The number of urea groups is 1. The lowest BCUT2D eigenvalue weighted by Crippen LogP contribution is -2.35. The van der Waals surface area contributed by atoms with Gasteiger partial charge in [0.25, 0.3) is 0 Å². The number of aryl methyl sites for hydroxylation is 2. The molecule has 2 rings (SSSR count). The first kappa shape index (κ1) is 18.8. The van der Waals surface area contributed by atoms with Gasteiger partial charge in [-0.3, -0.25) is 0 Å². The van der Waals surface area contributed by atoms with Gasteiger partial charge in [-0.1, -0.05) is 20.8 Å². The van der Waals surface area contributed by atoms with Crippen LogP contribution in [-0.4, -0.2) is 23.1 Å². The summed E-state index contributed by atoms with van der Waals surface area (Å²) in [7, 11) is 1.57. The van der Waals surface area contributed by atoms with E-state index in [0.717, 1.165) is 22.6 Å². The molecule has 0 fully saturated rings. The molecule has 0 aromatic carbocycles. The summed E-state index contributed by atoms with van der Waals surface area (Å²) in [5, 5.41) is 5.54. The molecular formula is C18H26N4O3. The van der Waals surface area contributed by atoms with E-state index in [4.69, 9.17) is 9.15 Å². The minimum absolute atomic E-state index is 0.111. The monoisotopic (exact) mass is 346 g/mol. The zero-order chi connectivity index (χ0) is 18.6. The molecular weight excluding hydrogens is 320 g/mol. The van der Waals surface area contributed by atoms with Crippen LogP contribution in [0.1, 0.15) is 49.2 Å². The Bertz CT molecular complexity index is 747. The van der Waals surface area contributed by atoms with Gasteiger partial charge < -0.3 is 19.8 Å². The van der Waals surface area contributed by atoms with Crippen LogP contribution in [0.25, 0.3) is 0 Å². The van der Waals surface area contributed by atoms with Crippen LogP contribution >= 0.6 is 0 Å². The first-order chi connectivity index (χ1) is 11.7. The largest absolute Gasteiger partial charge is 0.481 e. The summed E-state index contributed by atoms with van der Waals surface area (Å²) < 4.78 is 10.9. The summed E-state index contributed by atoms with van der Waals surface area (Å²) in [5.74, 6) is 1.79. The van der Waals surface area contributed by atoms with Crippen molar-refractivity contribution in [1.82, 2.24) is 20.6 Å². The molecule has 0 aliphatic carbocycles. The molecule has 136 valence electrons. The molecule has 0 aliphatic heterocycles. The van der Waals surface area contributed by atoms with Crippen LogP contribution in [0.15, 0.2) is 16.7 Å². The van der Waals surface area contributed by atoms with Crippen LogP contribution in [0.5, 0.6) is 5.88 Å². The Labute approximate surface area is 148 Å². The van der Waals surface area contributed by atoms with E-state index in [2.05, 4.69) is 20.6 Å². The number of methoxy groups -OCH3 is 1. The molecule has 7 nitrogen and oxygen atoms in total. The summed E-state index contributed by atoms with van der Waals surface area (Å²) >= 11 is 0. The number of nitrogens with one attached hydrogen (secondary N) is 2. The molecule has 7 heteroatoms. The Morgan fingerprint density at radius 2 is 1.92 bits per heavy atom. The number of oxazole rings is 1. The van der Waals surface area contributed by atoms with Crippen molar-refractivity contribution in [2.75, 3.05) is 7.11 Å². The second-order valence-corrected chi connectivity index (χ2v) is 6.97. The highest BCUT2D eigenvalue weighted by molar-refractivity contribution is 5.73. The Morgan fingerprint density at radius 3 is 2.52 bits per heavy atom. The number of aromatic nitrogens is 2. The predicted octanol–water partition coefficient (Wildman–Crippen LogP) is 2.99. The molecule has 2 amide bonds. The lowest BCUT2D eigenvalue weighted by Gasteiger charge is -2.13. The van der Waals surface area contributed by atoms with Crippen LogP contribution in [0.2, 0.25) is 0 Å². The number of carbonyl (C=O) groups is 1. The Morgan fingerprint density at radius 1 is 1.24 bits per heavy atom. The molecule has 0 bridgehead atoms. The third kappa shape index (κ3) is 4.95. The van der Waals surface area contributed by atoms with Gasteiger partial charge in [-0.25, -0.2) is 14.8 Å². The quantitative estimate of drug-likeness (QED) is 0.869. The zero-order valence-corrected chi connectivity index (χ0v) is 15.7. The average molecular weight is 346 g/mol. The van der Waals surface area contributed by atoms with E-state index < -0.39 is 0 Å². The number of rotatable bonds is 5. The van der Waals surface area contributed by atoms with Crippen molar-refractivity contribution in [2.45, 2.75) is 53.1 Å². The van der Waals surface area contributed by atoms with Gasteiger partial charge in [0.2, 0.25) is 11.8 Å². The summed E-state index contributed by atoms with van der Waals surface area (Å²) in [4.78, 5) is 20.5. The number of hydrogen-bond donors (Lipinski definition) is 2. The highest BCUT2D eigenvalue weighted by atomic mass is 16.5. The predicted molar refractivity (Wildman–Crippen MR) is 94.5 cm³/mol. The van der Waals surface area contributed by atoms with Crippen molar-refractivity contribution in [1.29, 1.82) is 0 Å². The molecule has 2 aromatic rings. The number of ether oxygens (including phenoxy) is 1. The minimum Gasteiger partial charge on any atom is -0.481 e. The maximum atomic E-state index is 12.0. The van der Waals surface area contributed by atoms with Gasteiger partial charge >= 0.3 is 6.03 Å². The third-order valence-electron chi connectivity index (χ3n) is 3.75. The number of nitrogens with zero attached hydrogens (tertiary/aromatic N) is 2. The van der Waals surface area contributed by atoms with Crippen LogP contribution in [-0.2, 0) is 18.5 Å². The van der Waals surface area contributed by atoms with E-state index >= 15 is 0 Å². The summed E-state index contributed by atoms with van der Waals surface area (Å²) in [6.45, 7) is 10.6. The maximum Gasteiger partial charge on any atom is 0.315 e. The van der Waals surface area contributed by atoms with Gasteiger partial charge in [0.1, 0.15) is 5.76 Å². The molecule has 0 unspecified atom stereocenters. The molecule has 0 aliphatic rings. The van der Waals surface area contributed by atoms with Gasteiger partial charge in [0.05, 0.1) is 26.4 Å². The van der Waals surface area contributed by atoms with Crippen LogP contribution < -0.4 is 15.4 Å². The summed E-state index contributed by atoms with van der Waals surface area (Å²) in [5.41, 5.74) is 2.64. The fraction of sp³-hybridized carbons (Fsp3) is 0.500. The molecule has 0 spiro atoms. The molecule has 2 N–H and O–H groups in total. The third-order valence-corrected chi connectivity index (χ3v) is 3.75. The molecule has 0 radical (unpaired) electrons. The molecule has 2 aromatic heterocycles. The van der Waals surface area contributed by atoms with E-state index in [1.165, 1.54) is 0 Å². The van der Waals surface area contributed by atoms with Crippen molar-refractivity contribution in [3.8, 4) is 5.88 Å². The number of amides is 2. The van der Waals surface area contributed by atoms with E-state index in [-0.39, 0.29) is 18.0 Å². The highest BCUT2D eigenvalue weighted by Crippen LogP contribution is 2.22. The van der Waals surface area contributed by atoms with Crippen molar-refractivity contribution < 1.29 is 13.9 Å². The molecule has 25 heavy (non-hydrogen) atoms. The van der Waals surface area contributed by atoms with Crippen molar-refractivity contribution in [2.24, 2.45) is 0 Å². The van der Waals surface area contributed by atoms with Gasteiger partial charge in [0, 0.05) is 16.7 Å². The van der Waals surface area contributed by atoms with Crippen LogP contribution in [0, 0.1) is 13.8 Å². The normalized spacial score (nSPS) is 11.3. The fourth-order valence-corrected chi connectivity index (χ4v) is 2.34. The van der Waals surface area contributed by atoms with Crippen LogP contribution in [0.4, 0.5) is 4.79 Å². The zero-order valence-electron chi connectivity index (χ0n) is 15.7. The van der Waals surface area contributed by atoms with Gasteiger partial charge in [-0.2, -0.15) is 0 Å². The Kier molecular flexibility index (Phi) is 5.66. The summed E-state index contributed by atoms with van der Waals surface area (Å²) in [6, 6.07) is 1.65. The topological polar surface area (TPSA) is 89.3 Å². The van der Waals surface area contributed by atoms with Gasteiger partial charge in [0.15, 0.2) is 0 Å². The first-order valence-electron chi connectivity index (χ1n) is 8.18. The smallest absolute Gasteiger partial charge is 0.315 e. The Balaban J connectivity index is 1.90. The highest BCUT2D eigenvalue weighted by Gasteiger charge is 2.19. The standard InChI is InChI=1S/C18H26N4O3/c1-11-7-12(2)22-16(24-6)13(11)8-20-17(23)21-10-15-19-9-14(25-15)18(3,4)5/h7,9H,8,10H2,1-6H3,(H2,20,21,23). The van der Waals surface area contributed by atoms with E-state index in [1.807, 2.05) is 40.7 Å². The van der Waals surface area contributed by atoms with E-state index in [1.54, 1.807) is 13.3 Å². The number of pyridine rings is 1. The van der Waals surface area contributed by atoms with E-state index in [0.29, 0.717) is 18.3 Å². The lowest BCUT2D eigenvalue weighted by atomic mass is 9.94. The van der Waals surface area contributed by atoms with E-state index in [9.17, 15) is 4.79 Å². The number of hydrogen-bond acceptors (Lipinski definition) is 5. The molecule has 0 saturated heterocycles. The Hall–Kier alpha value is -2.57. The molecule has 2 heterocycles. The first-order valence-corrected chi connectivity index (χ1v) is 8.18. The number of carbonyl (C=O) groups excluding carboxylic acids is 1. The second-order valence-electron chi connectivity index (χ2n) is 6.97. The van der Waals surface area contributed by atoms with Crippen molar-refractivity contribution >= 4 is 6.03 Å².